The van der Waals surface area contributed by atoms with Crippen molar-refractivity contribution in [1.29, 1.82) is 0 Å². The van der Waals surface area contributed by atoms with Crippen LogP contribution in [-0.4, -0.2) is 24.4 Å². The van der Waals surface area contributed by atoms with Crippen molar-refractivity contribution < 1.29 is 9.18 Å². The number of carbonyl (C=O) groups excluding carboxylic acids is 1. The molecule has 134 valence electrons. The van der Waals surface area contributed by atoms with Gasteiger partial charge in [-0.05, 0) is 56.0 Å². The molecule has 0 radical (unpaired) electrons. The highest BCUT2D eigenvalue weighted by molar-refractivity contribution is 6.11. The molecular formula is C22H23FN2O. The normalized spacial score (nSPS) is 10.8. The molecule has 3 rings (SSSR count). The lowest BCUT2D eigenvalue weighted by Crippen LogP contribution is -2.26. The third kappa shape index (κ3) is 3.15. The number of anilines is 2. The summed E-state index contributed by atoms with van der Waals surface area (Å²) >= 11 is 0. The Morgan fingerprint density at radius 2 is 1.77 bits per heavy atom. The second-order valence-electron chi connectivity index (χ2n) is 6.51. The molecule has 0 heterocycles. The zero-order valence-electron chi connectivity index (χ0n) is 15.6. The first-order valence-electron chi connectivity index (χ1n) is 8.74. The van der Waals surface area contributed by atoms with E-state index >= 15 is 0 Å². The summed E-state index contributed by atoms with van der Waals surface area (Å²) in [5, 5.41) is 5.20. The highest BCUT2D eigenvalue weighted by atomic mass is 19.1. The van der Waals surface area contributed by atoms with Crippen LogP contribution in [0.4, 0.5) is 15.8 Å². The summed E-state index contributed by atoms with van der Waals surface area (Å²) in [6, 6.07) is 14.7. The van der Waals surface area contributed by atoms with E-state index in [1.165, 1.54) is 6.07 Å². The van der Waals surface area contributed by atoms with Gasteiger partial charge in [0, 0.05) is 41.5 Å². The molecule has 0 saturated heterocycles. The number of hydrogen-bond acceptors (Lipinski definition) is 2. The fraction of sp³-hybridized carbons (Fsp3) is 0.227. The monoisotopic (exact) mass is 350 g/mol. The van der Waals surface area contributed by atoms with Crippen LogP contribution >= 0.6 is 0 Å². The number of carbonyl (C=O) groups is 1. The predicted molar refractivity (Wildman–Crippen MR) is 106 cm³/mol. The first kappa shape index (κ1) is 17.9. The van der Waals surface area contributed by atoms with Crippen LogP contribution < -0.4 is 5.32 Å². The van der Waals surface area contributed by atoms with E-state index in [0.717, 1.165) is 27.7 Å². The molecule has 0 aliphatic heterocycles. The van der Waals surface area contributed by atoms with Crippen molar-refractivity contribution >= 4 is 28.1 Å². The minimum atomic E-state index is -0.244. The van der Waals surface area contributed by atoms with Crippen molar-refractivity contribution in [3.05, 3.63) is 71.0 Å². The molecule has 0 unspecified atom stereocenters. The lowest BCUT2D eigenvalue weighted by Gasteiger charge is -2.19. The number of hydrogen-bond donors (Lipinski definition) is 1. The summed E-state index contributed by atoms with van der Waals surface area (Å²) in [4.78, 5) is 14.5. The summed E-state index contributed by atoms with van der Waals surface area (Å²) in [6.45, 7) is 6.35. The van der Waals surface area contributed by atoms with E-state index in [1.54, 1.807) is 24.9 Å². The second kappa shape index (κ2) is 7.16. The lowest BCUT2D eigenvalue weighted by molar-refractivity contribution is 0.0804. The van der Waals surface area contributed by atoms with Gasteiger partial charge in [0.1, 0.15) is 5.82 Å². The molecule has 3 aromatic carbocycles. The molecule has 0 aromatic heterocycles. The molecule has 26 heavy (non-hydrogen) atoms. The number of amides is 1. The molecule has 0 aliphatic carbocycles. The van der Waals surface area contributed by atoms with Gasteiger partial charge >= 0.3 is 0 Å². The van der Waals surface area contributed by atoms with Crippen LogP contribution in [0.5, 0.6) is 0 Å². The highest BCUT2D eigenvalue weighted by Crippen LogP contribution is 2.33. The number of nitrogens with one attached hydrogen (secondary N) is 1. The standard InChI is InChI=1S/C22H23FN2O/c1-5-25(4)22(26)17-12-13-20(16-9-6-8-14(2)21(16)17)24-19-11-7-10-18(23)15(19)3/h6-13,24H,5H2,1-4H3. The molecule has 1 amide bonds. The van der Waals surface area contributed by atoms with Crippen molar-refractivity contribution in [2.24, 2.45) is 0 Å². The molecule has 0 aliphatic rings. The number of benzene rings is 3. The fourth-order valence-electron chi connectivity index (χ4n) is 3.11. The van der Waals surface area contributed by atoms with Gasteiger partial charge in [-0.3, -0.25) is 4.79 Å². The van der Waals surface area contributed by atoms with Crippen molar-refractivity contribution in [1.82, 2.24) is 4.90 Å². The van der Waals surface area contributed by atoms with Crippen LogP contribution in [0.15, 0.2) is 48.5 Å². The van der Waals surface area contributed by atoms with E-state index in [0.29, 0.717) is 17.7 Å². The maximum absolute atomic E-state index is 13.9. The van der Waals surface area contributed by atoms with Gasteiger partial charge in [-0.2, -0.15) is 0 Å². The Bertz CT molecular complexity index is 981. The first-order chi connectivity index (χ1) is 12.4. The average Bonchev–Trinajstić information content (AvgIpc) is 2.64. The van der Waals surface area contributed by atoms with Gasteiger partial charge < -0.3 is 10.2 Å². The Kier molecular flexibility index (Phi) is 4.94. The van der Waals surface area contributed by atoms with Crippen LogP contribution in [0.3, 0.4) is 0 Å². The average molecular weight is 350 g/mol. The molecule has 0 fully saturated rings. The quantitative estimate of drug-likeness (QED) is 0.680. The summed E-state index contributed by atoms with van der Waals surface area (Å²) in [6.07, 6.45) is 0. The van der Waals surface area contributed by atoms with Gasteiger partial charge in [0.2, 0.25) is 0 Å². The third-order valence-electron chi connectivity index (χ3n) is 4.84. The minimum absolute atomic E-state index is 0.000265. The lowest BCUT2D eigenvalue weighted by atomic mass is 9.97. The molecule has 3 aromatic rings. The number of nitrogens with zero attached hydrogens (tertiary/aromatic N) is 1. The third-order valence-corrected chi connectivity index (χ3v) is 4.84. The van der Waals surface area contributed by atoms with Gasteiger partial charge in [0.05, 0.1) is 0 Å². The summed E-state index contributed by atoms with van der Waals surface area (Å²) in [5.74, 6) is -0.243. The van der Waals surface area contributed by atoms with Crippen molar-refractivity contribution in [3.8, 4) is 0 Å². The van der Waals surface area contributed by atoms with Gasteiger partial charge in [-0.25, -0.2) is 4.39 Å². The molecular weight excluding hydrogens is 327 g/mol. The van der Waals surface area contributed by atoms with E-state index in [9.17, 15) is 9.18 Å². The maximum atomic E-state index is 13.9. The van der Waals surface area contributed by atoms with E-state index in [1.807, 2.05) is 50.2 Å². The zero-order valence-corrected chi connectivity index (χ0v) is 15.6. The topological polar surface area (TPSA) is 32.3 Å². The molecule has 0 atom stereocenters. The molecule has 0 spiro atoms. The number of aryl methyl sites for hydroxylation is 1. The molecule has 1 N–H and O–H groups in total. The first-order valence-corrected chi connectivity index (χ1v) is 8.74. The molecule has 0 saturated carbocycles. The second-order valence-corrected chi connectivity index (χ2v) is 6.51. The largest absolute Gasteiger partial charge is 0.355 e. The Labute approximate surface area is 153 Å². The van der Waals surface area contributed by atoms with E-state index in [-0.39, 0.29) is 11.7 Å². The Morgan fingerprint density at radius 1 is 1.04 bits per heavy atom. The molecule has 0 bridgehead atoms. The van der Waals surface area contributed by atoms with Gasteiger partial charge in [-0.15, -0.1) is 0 Å². The fourth-order valence-corrected chi connectivity index (χ4v) is 3.11. The van der Waals surface area contributed by atoms with Crippen molar-refractivity contribution in [2.45, 2.75) is 20.8 Å². The highest BCUT2D eigenvalue weighted by Gasteiger charge is 2.17. The molecule has 3 nitrogen and oxygen atoms in total. The van der Waals surface area contributed by atoms with Gasteiger partial charge in [0.15, 0.2) is 0 Å². The predicted octanol–water partition coefficient (Wildman–Crippen LogP) is 5.43. The Balaban J connectivity index is 2.16. The van der Waals surface area contributed by atoms with Crippen molar-refractivity contribution in [3.63, 3.8) is 0 Å². The maximum Gasteiger partial charge on any atom is 0.254 e. The zero-order chi connectivity index (χ0) is 18.8. The summed E-state index contributed by atoms with van der Waals surface area (Å²) in [7, 11) is 1.80. The van der Waals surface area contributed by atoms with E-state index < -0.39 is 0 Å². The van der Waals surface area contributed by atoms with Gasteiger partial charge in [0.25, 0.3) is 5.91 Å². The Morgan fingerprint density at radius 3 is 2.50 bits per heavy atom. The van der Waals surface area contributed by atoms with Crippen LogP contribution in [0.1, 0.15) is 28.4 Å². The van der Waals surface area contributed by atoms with Crippen LogP contribution in [0, 0.1) is 19.7 Å². The Hall–Kier alpha value is -2.88. The van der Waals surface area contributed by atoms with Crippen LogP contribution in [0.2, 0.25) is 0 Å². The van der Waals surface area contributed by atoms with Crippen LogP contribution in [-0.2, 0) is 0 Å². The summed E-state index contributed by atoms with van der Waals surface area (Å²) in [5.41, 5.74) is 3.86. The molecule has 4 heteroatoms. The van der Waals surface area contributed by atoms with Crippen LogP contribution in [0.25, 0.3) is 10.8 Å². The van der Waals surface area contributed by atoms with E-state index in [4.69, 9.17) is 0 Å². The number of halogens is 1. The van der Waals surface area contributed by atoms with Crippen molar-refractivity contribution in [2.75, 3.05) is 18.9 Å². The SMILES string of the molecule is CCN(C)C(=O)c1ccc(Nc2cccc(F)c2C)c2cccc(C)c12. The number of fused-ring (bicyclic) bond motifs is 1. The van der Waals surface area contributed by atoms with Gasteiger partial charge in [-0.1, -0.05) is 24.3 Å². The summed E-state index contributed by atoms with van der Waals surface area (Å²) < 4.78 is 13.9. The smallest absolute Gasteiger partial charge is 0.254 e. The minimum Gasteiger partial charge on any atom is -0.355 e. The van der Waals surface area contributed by atoms with E-state index in [2.05, 4.69) is 5.32 Å². The number of rotatable bonds is 4.